The smallest absolute Gasteiger partial charge is 0.0671 e. The van der Waals surface area contributed by atoms with Gasteiger partial charge in [0.25, 0.3) is 0 Å². The quantitative estimate of drug-likeness (QED) is 0.534. The van der Waals surface area contributed by atoms with Gasteiger partial charge >= 0.3 is 0 Å². The van der Waals surface area contributed by atoms with Crippen LogP contribution in [0.25, 0.3) is 0 Å². The van der Waals surface area contributed by atoms with E-state index in [4.69, 9.17) is 4.74 Å². The van der Waals surface area contributed by atoms with Crippen LogP contribution in [0.4, 0.5) is 0 Å². The zero-order chi connectivity index (χ0) is 11.4. The molecule has 0 bridgehead atoms. The van der Waals surface area contributed by atoms with E-state index in [2.05, 4.69) is 26.1 Å². The molecule has 92 valence electrons. The molecule has 2 nitrogen and oxygen atoms in total. The highest BCUT2D eigenvalue weighted by atomic mass is 16.5. The summed E-state index contributed by atoms with van der Waals surface area (Å²) in [5, 5.41) is 3.44. The zero-order valence-corrected chi connectivity index (χ0v) is 10.8. The van der Waals surface area contributed by atoms with Crippen molar-refractivity contribution < 1.29 is 4.74 Å². The van der Waals surface area contributed by atoms with Gasteiger partial charge in [0.05, 0.1) is 6.10 Å². The molecule has 2 heteroatoms. The zero-order valence-electron chi connectivity index (χ0n) is 10.8. The highest BCUT2D eigenvalue weighted by Crippen LogP contribution is 1.97. The summed E-state index contributed by atoms with van der Waals surface area (Å²) in [6, 6.07) is 0. The van der Waals surface area contributed by atoms with Crippen LogP contribution in [0.2, 0.25) is 0 Å². The molecule has 0 heterocycles. The van der Waals surface area contributed by atoms with E-state index < -0.39 is 0 Å². The fraction of sp³-hybridized carbons (Fsp3) is 1.00. The largest absolute Gasteiger partial charge is 0.377 e. The van der Waals surface area contributed by atoms with Gasteiger partial charge in [-0.05, 0) is 26.3 Å². The Labute approximate surface area is 95.8 Å². The summed E-state index contributed by atoms with van der Waals surface area (Å²) in [5.74, 6) is 0. The van der Waals surface area contributed by atoms with Gasteiger partial charge in [0.1, 0.15) is 0 Å². The summed E-state index contributed by atoms with van der Waals surface area (Å²) in [6.45, 7) is 9.66. The maximum atomic E-state index is 5.69. The molecule has 0 aromatic rings. The first-order valence-electron chi connectivity index (χ1n) is 6.63. The molecule has 0 aliphatic carbocycles. The van der Waals surface area contributed by atoms with Gasteiger partial charge in [0.2, 0.25) is 0 Å². The van der Waals surface area contributed by atoms with E-state index in [1.807, 2.05) is 0 Å². The number of ether oxygens (including phenoxy) is 1. The molecular formula is C13H29NO. The van der Waals surface area contributed by atoms with Gasteiger partial charge in [-0.25, -0.2) is 0 Å². The van der Waals surface area contributed by atoms with Crippen molar-refractivity contribution in [1.29, 1.82) is 0 Å². The first kappa shape index (κ1) is 14.9. The van der Waals surface area contributed by atoms with Crippen molar-refractivity contribution in [1.82, 2.24) is 5.32 Å². The lowest BCUT2D eigenvalue weighted by Gasteiger charge is -2.13. The van der Waals surface area contributed by atoms with Crippen LogP contribution in [0.3, 0.4) is 0 Å². The van der Waals surface area contributed by atoms with Gasteiger partial charge in [0, 0.05) is 13.2 Å². The Hall–Kier alpha value is -0.0800. The van der Waals surface area contributed by atoms with Crippen LogP contribution in [-0.4, -0.2) is 25.8 Å². The van der Waals surface area contributed by atoms with E-state index in [9.17, 15) is 0 Å². The fourth-order valence-corrected chi connectivity index (χ4v) is 1.50. The van der Waals surface area contributed by atoms with E-state index in [1.165, 1.54) is 38.5 Å². The highest BCUT2D eigenvalue weighted by Gasteiger charge is 2.00. The summed E-state index contributed by atoms with van der Waals surface area (Å²) in [6.07, 6.45) is 8.05. The van der Waals surface area contributed by atoms with Crippen molar-refractivity contribution in [2.24, 2.45) is 0 Å². The number of unbranched alkanes of at least 4 members (excludes halogenated alkanes) is 4. The van der Waals surface area contributed by atoms with E-state index in [0.29, 0.717) is 6.10 Å². The summed E-state index contributed by atoms with van der Waals surface area (Å²) in [7, 11) is 0. The number of hydrogen-bond acceptors (Lipinski definition) is 2. The molecule has 0 saturated carbocycles. The van der Waals surface area contributed by atoms with Gasteiger partial charge in [0.15, 0.2) is 0 Å². The Balaban J connectivity index is 3.08. The second kappa shape index (κ2) is 12.0. The predicted octanol–water partition coefficient (Wildman–Crippen LogP) is 3.36. The Kier molecular flexibility index (Phi) is 11.9. The molecule has 1 atom stereocenters. The number of hydrogen-bond donors (Lipinski definition) is 1. The van der Waals surface area contributed by atoms with Crippen LogP contribution >= 0.6 is 0 Å². The average molecular weight is 215 g/mol. The van der Waals surface area contributed by atoms with E-state index >= 15 is 0 Å². The van der Waals surface area contributed by atoms with Crippen molar-refractivity contribution >= 4 is 0 Å². The molecule has 0 saturated heterocycles. The standard InChI is InChI=1S/C13H29NO/c1-4-6-8-10-14-12-13(3)15-11-9-7-5-2/h13-14H,4-12H2,1-3H3. The topological polar surface area (TPSA) is 21.3 Å². The van der Waals surface area contributed by atoms with Crippen LogP contribution in [-0.2, 0) is 4.74 Å². The Bertz CT molecular complexity index is 117. The maximum absolute atomic E-state index is 5.69. The fourth-order valence-electron chi connectivity index (χ4n) is 1.50. The van der Waals surface area contributed by atoms with Gasteiger partial charge < -0.3 is 10.1 Å². The third-order valence-electron chi connectivity index (χ3n) is 2.54. The minimum atomic E-state index is 0.364. The first-order valence-corrected chi connectivity index (χ1v) is 6.63. The predicted molar refractivity (Wildman–Crippen MR) is 67.3 cm³/mol. The molecule has 0 aromatic heterocycles. The highest BCUT2D eigenvalue weighted by molar-refractivity contribution is 4.55. The average Bonchev–Trinajstić information content (AvgIpc) is 2.24. The third kappa shape index (κ3) is 11.8. The minimum Gasteiger partial charge on any atom is -0.377 e. The Morgan fingerprint density at radius 1 is 1.00 bits per heavy atom. The van der Waals surface area contributed by atoms with Crippen LogP contribution in [0.1, 0.15) is 59.3 Å². The van der Waals surface area contributed by atoms with Crippen molar-refractivity contribution in [3.05, 3.63) is 0 Å². The van der Waals surface area contributed by atoms with Gasteiger partial charge in [-0.15, -0.1) is 0 Å². The second-order valence-electron chi connectivity index (χ2n) is 4.30. The van der Waals surface area contributed by atoms with Crippen molar-refractivity contribution in [2.45, 2.75) is 65.4 Å². The number of rotatable bonds is 11. The van der Waals surface area contributed by atoms with Gasteiger partial charge in [-0.2, -0.15) is 0 Å². The molecule has 0 radical (unpaired) electrons. The van der Waals surface area contributed by atoms with Crippen LogP contribution < -0.4 is 5.32 Å². The normalized spacial score (nSPS) is 13.0. The molecule has 0 amide bonds. The maximum Gasteiger partial charge on any atom is 0.0671 e. The van der Waals surface area contributed by atoms with Crippen LogP contribution in [0.5, 0.6) is 0 Å². The lowest BCUT2D eigenvalue weighted by atomic mass is 10.2. The molecular weight excluding hydrogens is 186 g/mol. The van der Waals surface area contributed by atoms with E-state index in [0.717, 1.165) is 19.7 Å². The minimum absolute atomic E-state index is 0.364. The number of nitrogens with one attached hydrogen (secondary N) is 1. The molecule has 15 heavy (non-hydrogen) atoms. The molecule has 0 aliphatic rings. The molecule has 0 fully saturated rings. The molecule has 0 spiro atoms. The monoisotopic (exact) mass is 215 g/mol. The van der Waals surface area contributed by atoms with Gasteiger partial charge in [-0.1, -0.05) is 39.5 Å². The van der Waals surface area contributed by atoms with Crippen molar-refractivity contribution in [3.8, 4) is 0 Å². The van der Waals surface area contributed by atoms with Crippen molar-refractivity contribution in [3.63, 3.8) is 0 Å². The van der Waals surface area contributed by atoms with Crippen LogP contribution in [0.15, 0.2) is 0 Å². The Morgan fingerprint density at radius 3 is 2.33 bits per heavy atom. The third-order valence-corrected chi connectivity index (χ3v) is 2.54. The SMILES string of the molecule is CCCCCNCC(C)OCCCCC. The van der Waals surface area contributed by atoms with Crippen LogP contribution in [0, 0.1) is 0 Å². The van der Waals surface area contributed by atoms with E-state index in [-0.39, 0.29) is 0 Å². The first-order chi connectivity index (χ1) is 7.31. The molecule has 0 rings (SSSR count). The molecule has 0 aliphatic heterocycles. The summed E-state index contributed by atoms with van der Waals surface area (Å²) in [5.41, 5.74) is 0. The van der Waals surface area contributed by atoms with E-state index in [1.54, 1.807) is 0 Å². The summed E-state index contributed by atoms with van der Waals surface area (Å²) >= 11 is 0. The Morgan fingerprint density at radius 2 is 1.67 bits per heavy atom. The van der Waals surface area contributed by atoms with Crippen molar-refractivity contribution in [2.75, 3.05) is 19.7 Å². The summed E-state index contributed by atoms with van der Waals surface area (Å²) < 4.78 is 5.69. The van der Waals surface area contributed by atoms with Gasteiger partial charge in [-0.3, -0.25) is 0 Å². The lowest BCUT2D eigenvalue weighted by Crippen LogP contribution is -2.27. The lowest BCUT2D eigenvalue weighted by molar-refractivity contribution is 0.0633. The second-order valence-corrected chi connectivity index (χ2v) is 4.30. The molecule has 0 aromatic carbocycles. The summed E-state index contributed by atoms with van der Waals surface area (Å²) in [4.78, 5) is 0. The molecule has 1 unspecified atom stereocenters. The molecule has 1 N–H and O–H groups in total.